The number of carbonyl (C=O) groups excluding carboxylic acids is 1. The molecule has 1 aromatic carbocycles. The maximum absolute atomic E-state index is 13.7. The summed E-state index contributed by atoms with van der Waals surface area (Å²) in [5, 5.41) is 2.71. The van der Waals surface area contributed by atoms with Crippen molar-refractivity contribution in [2.24, 2.45) is 0 Å². The number of hydrogen-bond acceptors (Lipinski definition) is 1. The molecule has 0 spiro atoms. The number of halogens is 3. The number of benzene rings is 1. The molecule has 0 aliphatic rings. The van der Waals surface area contributed by atoms with Crippen LogP contribution in [0.25, 0.3) is 0 Å². The van der Waals surface area contributed by atoms with Gasteiger partial charge in [-0.05, 0) is 31.0 Å². The van der Waals surface area contributed by atoms with Crippen LogP contribution in [0.3, 0.4) is 0 Å². The van der Waals surface area contributed by atoms with Crippen LogP contribution >= 0.6 is 23.2 Å². The van der Waals surface area contributed by atoms with Gasteiger partial charge in [0.25, 0.3) is 5.91 Å². The lowest BCUT2D eigenvalue weighted by atomic mass is 10.0. The standard InChI is InChI=1S/C13H16Cl2FNO/c1-3-13(7-14,8-15)17-12(18)10-5-4-9(2)6-11(10)16/h4-6H,3,7-8H2,1-2H3,(H,17,18). The molecule has 0 bridgehead atoms. The van der Waals surface area contributed by atoms with E-state index in [-0.39, 0.29) is 17.3 Å². The van der Waals surface area contributed by atoms with E-state index in [9.17, 15) is 9.18 Å². The van der Waals surface area contributed by atoms with Crippen molar-refractivity contribution in [2.75, 3.05) is 11.8 Å². The molecule has 1 amide bonds. The Kier molecular flexibility index (Phi) is 5.42. The Morgan fingerprint density at radius 1 is 1.39 bits per heavy atom. The topological polar surface area (TPSA) is 29.1 Å². The zero-order valence-corrected chi connectivity index (χ0v) is 11.9. The molecule has 5 heteroatoms. The van der Waals surface area contributed by atoms with Crippen LogP contribution in [-0.4, -0.2) is 23.2 Å². The second kappa shape index (κ2) is 6.39. The van der Waals surface area contributed by atoms with E-state index in [2.05, 4.69) is 5.32 Å². The van der Waals surface area contributed by atoms with Gasteiger partial charge in [0.2, 0.25) is 0 Å². The molecule has 0 aliphatic heterocycles. The molecule has 2 nitrogen and oxygen atoms in total. The zero-order valence-electron chi connectivity index (χ0n) is 10.4. The molecule has 0 aliphatic carbocycles. The normalized spacial score (nSPS) is 11.4. The summed E-state index contributed by atoms with van der Waals surface area (Å²) in [4.78, 5) is 12.0. The van der Waals surface area contributed by atoms with Gasteiger partial charge in [0.1, 0.15) is 5.82 Å². The predicted octanol–water partition coefficient (Wildman–Crippen LogP) is 3.49. The van der Waals surface area contributed by atoms with Gasteiger partial charge in [-0.25, -0.2) is 4.39 Å². The minimum atomic E-state index is -0.697. The molecule has 100 valence electrons. The van der Waals surface area contributed by atoms with Crippen LogP contribution in [0, 0.1) is 12.7 Å². The first-order valence-electron chi connectivity index (χ1n) is 5.68. The molecule has 0 saturated heterocycles. The van der Waals surface area contributed by atoms with E-state index in [1.165, 1.54) is 12.1 Å². The van der Waals surface area contributed by atoms with E-state index in [1.54, 1.807) is 13.0 Å². The molecule has 0 atom stereocenters. The highest BCUT2D eigenvalue weighted by Gasteiger charge is 2.29. The van der Waals surface area contributed by atoms with Crippen molar-refractivity contribution < 1.29 is 9.18 Å². The SMILES string of the molecule is CCC(CCl)(CCl)NC(=O)c1ccc(C)cc1F. The Labute approximate surface area is 116 Å². The van der Waals surface area contributed by atoms with Gasteiger partial charge < -0.3 is 5.32 Å². The first-order chi connectivity index (χ1) is 8.48. The predicted molar refractivity (Wildman–Crippen MR) is 73.1 cm³/mol. The van der Waals surface area contributed by atoms with Crippen LogP contribution in [-0.2, 0) is 0 Å². The van der Waals surface area contributed by atoms with Gasteiger partial charge in [0.05, 0.1) is 11.1 Å². The zero-order chi connectivity index (χ0) is 13.8. The summed E-state index contributed by atoms with van der Waals surface area (Å²) in [5.74, 6) is -0.657. The van der Waals surface area contributed by atoms with Gasteiger partial charge in [0, 0.05) is 11.8 Å². The molecule has 0 saturated carbocycles. The van der Waals surface area contributed by atoms with E-state index in [1.807, 2.05) is 6.92 Å². The van der Waals surface area contributed by atoms with Gasteiger partial charge in [-0.3, -0.25) is 4.79 Å². The fraction of sp³-hybridized carbons (Fsp3) is 0.462. The van der Waals surface area contributed by atoms with Crippen LogP contribution < -0.4 is 5.32 Å². The Morgan fingerprint density at radius 2 is 2.00 bits per heavy atom. The van der Waals surface area contributed by atoms with E-state index >= 15 is 0 Å². The lowest BCUT2D eigenvalue weighted by molar-refractivity contribution is 0.0909. The number of hydrogen-bond donors (Lipinski definition) is 1. The van der Waals surface area contributed by atoms with Crippen molar-refractivity contribution in [3.63, 3.8) is 0 Å². The summed E-state index contributed by atoms with van der Waals surface area (Å²) in [5.41, 5.74) is 0.0755. The third-order valence-electron chi connectivity index (χ3n) is 2.94. The quantitative estimate of drug-likeness (QED) is 0.827. The number of alkyl halides is 2. The molecule has 1 rings (SSSR count). The number of nitrogens with one attached hydrogen (secondary N) is 1. The van der Waals surface area contributed by atoms with Gasteiger partial charge in [-0.1, -0.05) is 13.0 Å². The lowest BCUT2D eigenvalue weighted by Crippen LogP contribution is -2.51. The Bertz CT molecular complexity index is 425. The minimum Gasteiger partial charge on any atom is -0.344 e. The van der Waals surface area contributed by atoms with Gasteiger partial charge >= 0.3 is 0 Å². The number of amides is 1. The molecular formula is C13H16Cl2FNO. The number of carbonyl (C=O) groups is 1. The molecule has 1 aromatic rings. The summed E-state index contributed by atoms with van der Waals surface area (Å²) in [6, 6.07) is 4.47. The summed E-state index contributed by atoms with van der Waals surface area (Å²) in [7, 11) is 0. The molecule has 18 heavy (non-hydrogen) atoms. The van der Waals surface area contributed by atoms with Crippen molar-refractivity contribution in [1.82, 2.24) is 5.32 Å². The van der Waals surface area contributed by atoms with E-state index < -0.39 is 17.3 Å². The molecule has 0 radical (unpaired) electrons. The summed E-state index contributed by atoms with van der Waals surface area (Å²) >= 11 is 11.7. The summed E-state index contributed by atoms with van der Waals surface area (Å²) in [6.45, 7) is 3.63. The molecule has 1 N–H and O–H groups in total. The third-order valence-corrected chi connectivity index (χ3v) is 3.96. The van der Waals surface area contributed by atoms with E-state index in [0.717, 1.165) is 5.56 Å². The monoisotopic (exact) mass is 291 g/mol. The highest BCUT2D eigenvalue weighted by Crippen LogP contribution is 2.17. The van der Waals surface area contributed by atoms with Gasteiger partial charge in [0.15, 0.2) is 0 Å². The molecular weight excluding hydrogens is 276 g/mol. The van der Waals surface area contributed by atoms with Crippen molar-refractivity contribution in [1.29, 1.82) is 0 Å². The smallest absolute Gasteiger partial charge is 0.254 e. The first kappa shape index (κ1) is 15.3. The van der Waals surface area contributed by atoms with Crippen LogP contribution in [0.2, 0.25) is 0 Å². The maximum atomic E-state index is 13.7. The van der Waals surface area contributed by atoms with Gasteiger partial charge in [-0.15, -0.1) is 23.2 Å². The Hall–Kier alpha value is -0.800. The van der Waals surface area contributed by atoms with Crippen molar-refractivity contribution in [3.05, 3.63) is 35.1 Å². The highest BCUT2D eigenvalue weighted by atomic mass is 35.5. The summed E-state index contributed by atoms with van der Waals surface area (Å²) < 4.78 is 13.7. The van der Waals surface area contributed by atoms with Crippen molar-refractivity contribution in [2.45, 2.75) is 25.8 Å². The van der Waals surface area contributed by atoms with Crippen LogP contribution in [0.4, 0.5) is 4.39 Å². The average Bonchev–Trinajstić information content (AvgIpc) is 2.36. The highest BCUT2D eigenvalue weighted by molar-refractivity contribution is 6.22. The molecule has 0 fully saturated rings. The second-order valence-electron chi connectivity index (χ2n) is 4.34. The maximum Gasteiger partial charge on any atom is 0.254 e. The van der Waals surface area contributed by atoms with E-state index in [0.29, 0.717) is 6.42 Å². The molecule has 0 unspecified atom stereocenters. The molecule has 0 heterocycles. The Balaban J connectivity index is 2.94. The second-order valence-corrected chi connectivity index (χ2v) is 4.87. The van der Waals surface area contributed by atoms with Crippen LogP contribution in [0.15, 0.2) is 18.2 Å². The lowest BCUT2D eigenvalue weighted by Gasteiger charge is -2.29. The van der Waals surface area contributed by atoms with E-state index in [4.69, 9.17) is 23.2 Å². The minimum absolute atomic E-state index is 0.00802. The molecule has 0 aromatic heterocycles. The third kappa shape index (κ3) is 3.36. The van der Waals surface area contributed by atoms with Crippen molar-refractivity contribution in [3.8, 4) is 0 Å². The number of rotatable bonds is 5. The van der Waals surface area contributed by atoms with Crippen LogP contribution in [0.5, 0.6) is 0 Å². The van der Waals surface area contributed by atoms with Crippen LogP contribution in [0.1, 0.15) is 29.3 Å². The van der Waals surface area contributed by atoms with Gasteiger partial charge in [-0.2, -0.15) is 0 Å². The largest absolute Gasteiger partial charge is 0.344 e. The fourth-order valence-corrected chi connectivity index (χ4v) is 2.29. The Morgan fingerprint density at radius 3 is 2.44 bits per heavy atom. The first-order valence-corrected chi connectivity index (χ1v) is 6.75. The number of aryl methyl sites for hydroxylation is 1. The van der Waals surface area contributed by atoms with Crippen molar-refractivity contribution >= 4 is 29.1 Å². The summed E-state index contributed by atoms with van der Waals surface area (Å²) in [6.07, 6.45) is 0.583. The average molecular weight is 292 g/mol. The fourth-order valence-electron chi connectivity index (χ4n) is 1.49.